The molecule has 0 radical (unpaired) electrons. The molecule has 132 valence electrons. The van der Waals surface area contributed by atoms with Crippen LogP contribution in [0.25, 0.3) is 16.3 Å². The van der Waals surface area contributed by atoms with E-state index in [4.69, 9.17) is 0 Å². The van der Waals surface area contributed by atoms with Crippen LogP contribution in [0.3, 0.4) is 0 Å². The van der Waals surface area contributed by atoms with Crippen molar-refractivity contribution in [1.29, 1.82) is 0 Å². The van der Waals surface area contributed by atoms with Gasteiger partial charge in [-0.05, 0) is 17.7 Å². The summed E-state index contributed by atoms with van der Waals surface area (Å²) in [5.41, 5.74) is 0.534. The molecule has 0 spiro atoms. The molecule has 0 bridgehead atoms. The molecule has 0 atom stereocenters. The predicted molar refractivity (Wildman–Crippen MR) is 93.4 cm³/mol. The van der Waals surface area contributed by atoms with Crippen molar-refractivity contribution >= 4 is 39.2 Å². The number of nitro benzene ring substituents is 1. The Labute approximate surface area is 149 Å². The standard InChI is InChI=1S/C17H11F2N3O3S/c1-21-16-13(19)8-11(18)9-14(16)26-17(21)20-15(23)6-5-10-3-2-4-12(7-10)22(24)25/h2-9H,1H3. The highest BCUT2D eigenvalue weighted by Gasteiger charge is 2.11. The fraction of sp³-hybridized carbons (Fsp3) is 0.0588. The highest BCUT2D eigenvalue weighted by Crippen LogP contribution is 2.21. The maximum atomic E-state index is 13.9. The fourth-order valence-corrected chi connectivity index (χ4v) is 3.41. The number of aromatic nitrogens is 1. The van der Waals surface area contributed by atoms with Crippen LogP contribution >= 0.6 is 11.3 Å². The second-order valence-electron chi connectivity index (χ2n) is 5.31. The van der Waals surface area contributed by atoms with Gasteiger partial charge in [-0.15, -0.1) is 0 Å². The molecule has 9 heteroatoms. The van der Waals surface area contributed by atoms with E-state index in [-0.39, 0.29) is 16.0 Å². The Hall–Kier alpha value is -3.20. The van der Waals surface area contributed by atoms with Gasteiger partial charge in [0.2, 0.25) is 0 Å². The number of hydrogen-bond donors (Lipinski definition) is 0. The summed E-state index contributed by atoms with van der Waals surface area (Å²) in [7, 11) is 1.52. The van der Waals surface area contributed by atoms with Crippen molar-refractivity contribution in [2.75, 3.05) is 0 Å². The number of hydrogen-bond acceptors (Lipinski definition) is 4. The predicted octanol–water partition coefficient (Wildman–Crippen LogP) is 3.57. The Morgan fingerprint density at radius 1 is 1.31 bits per heavy atom. The number of fused-ring (bicyclic) bond motifs is 1. The lowest BCUT2D eigenvalue weighted by Gasteiger charge is -1.97. The quantitative estimate of drug-likeness (QED) is 0.399. The largest absolute Gasteiger partial charge is 0.317 e. The van der Waals surface area contributed by atoms with Gasteiger partial charge in [-0.25, -0.2) is 8.78 Å². The molecule has 26 heavy (non-hydrogen) atoms. The zero-order chi connectivity index (χ0) is 18.8. The number of nitrogens with zero attached hydrogens (tertiary/aromatic N) is 3. The van der Waals surface area contributed by atoms with Crippen LogP contribution in [0.2, 0.25) is 0 Å². The van der Waals surface area contributed by atoms with Gasteiger partial charge in [-0.3, -0.25) is 14.9 Å². The number of nitro groups is 1. The Balaban J connectivity index is 1.93. The van der Waals surface area contributed by atoms with Crippen LogP contribution in [-0.4, -0.2) is 15.4 Å². The molecule has 0 unspecified atom stereocenters. The van der Waals surface area contributed by atoms with E-state index in [2.05, 4.69) is 4.99 Å². The Bertz CT molecular complexity index is 1130. The van der Waals surface area contributed by atoms with Crippen molar-refractivity contribution in [2.45, 2.75) is 0 Å². The lowest BCUT2D eigenvalue weighted by molar-refractivity contribution is -0.384. The molecule has 3 aromatic rings. The minimum Gasteiger partial charge on any atom is -0.317 e. The number of carbonyl (C=O) groups is 1. The molecule has 3 rings (SSSR count). The molecule has 0 aliphatic heterocycles. The van der Waals surface area contributed by atoms with Crippen molar-refractivity contribution < 1.29 is 18.5 Å². The second-order valence-corrected chi connectivity index (χ2v) is 6.32. The van der Waals surface area contributed by atoms with Gasteiger partial charge in [-0.1, -0.05) is 23.5 Å². The smallest absolute Gasteiger partial charge is 0.272 e. The average molecular weight is 375 g/mol. The molecule has 6 nitrogen and oxygen atoms in total. The van der Waals surface area contributed by atoms with Gasteiger partial charge >= 0.3 is 0 Å². The molecule has 1 aromatic heterocycles. The SMILES string of the molecule is Cn1c(=NC(=O)C=Cc2cccc([N+](=O)[O-])c2)sc2cc(F)cc(F)c21. The summed E-state index contributed by atoms with van der Waals surface area (Å²) in [5, 5.41) is 10.7. The summed E-state index contributed by atoms with van der Waals surface area (Å²) < 4.78 is 28.9. The van der Waals surface area contributed by atoms with E-state index in [0.717, 1.165) is 23.5 Å². The summed E-state index contributed by atoms with van der Waals surface area (Å²) in [4.78, 5) is 26.3. The maximum absolute atomic E-state index is 13.9. The minimum atomic E-state index is -0.736. The maximum Gasteiger partial charge on any atom is 0.272 e. The number of halogens is 2. The third-order valence-corrected chi connectivity index (χ3v) is 4.60. The lowest BCUT2D eigenvalue weighted by atomic mass is 10.2. The van der Waals surface area contributed by atoms with E-state index in [1.54, 1.807) is 6.07 Å². The highest BCUT2D eigenvalue weighted by molar-refractivity contribution is 7.16. The molecule has 0 saturated carbocycles. The molecule has 2 aromatic carbocycles. The number of carbonyl (C=O) groups excluding carboxylic acids is 1. The van der Waals surface area contributed by atoms with Gasteiger partial charge in [0.05, 0.1) is 15.1 Å². The third kappa shape index (κ3) is 3.57. The summed E-state index contributed by atoms with van der Waals surface area (Å²) >= 11 is 0.981. The number of non-ortho nitro benzene ring substituents is 1. The van der Waals surface area contributed by atoms with Crippen molar-refractivity contribution in [1.82, 2.24) is 4.57 Å². The molecule has 1 heterocycles. The summed E-state index contributed by atoms with van der Waals surface area (Å²) in [6.45, 7) is 0. The van der Waals surface area contributed by atoms with Gasteiger partial charge < -0.3 is 4.57 Å². The van der Waals surface area contributed by atoms with Crippen LogP contribution < -0.4 is 4.80 Å². The van der Waals surface area contributed by atoms with E-state index in [1.807, 2.05) is 0 Å². The Morgan fingerprint density at radius 2 is 2.08 bits per heavy atom. The van der Waals surface area contributed by atoms with Crippen LogP contribution in [0, 0.1) is 21.7 Å². The van der Waals surface area contributed by atoms with Crippen LogP contribution in [0.4, 0.5) is 14.5 Å². The Kier molecular flexibility index (Phi) is 4.72. The number of aryl methyl sites for hydroxylation is 1. The average Bonchev–Trinajstić information content (AvgIpc) is 2.89. The first-order valence-corrected chi connectivity index (χ1v) is 8.12. The van der Waals surface area contributed by atoms with Crippen molar-refractivity contribution in [3.63, 3.8) is 0 Å². The molecule has 0 aliphatic rings. The normalized spacial score (nSPS) is 12.2. The van der Waals surface area contributed by atoms with E-state index in [0.29, 0.717) is 10.3 Å². The van der Waals surface area contributed by atoms with E-state index in [1.165, 1.54) is 42.0 Å². The van der Waals surface area contributed by atoms with Crippen LogP contribution in [0.5, 0.6) is 0 Å². The second kappa shape index (κ2) is 6.96. The van der Waals surface area contributed by atoms with Crippen LogP contribution in [0.1, 0.15) is 5.56 Å². The zero-order valence-electron chi connectivity index (χ0n) is 13.3. The zero-order valence-corrected chi connectivity index (χ0v) is 14.2. The van der Waals surface area contributed by atoms with E-state index < -0.39 is 22.5 Å². The van der Waals surface area contributed by atoms with Gasteiger partial charge in [0, 0.05) is 31.3 Å². The summed E-state index contributed by atoms with van der Waals surface area (Å²) in [5.74, 6) is -2.07. The van der Waals surface area contributed by atoms with Gasteiger partial charge in [0.25, 0.3) is 11.6 Å². The molecular formula is C17H11F2N3O3S. The van der Waals surface area contributed by atoms with Crippen molar-refractivity contribution in [3.8, 4) is 0 Å². The molecule has 0 aliphatic carbocycles. The number of rotatable bonds is 3. The lowest BCUT2D eigenvalue weighted by Crippen LogP contribution is -2.12. The molecule has 0 fully saturated rings. The fourth-order valence-electron chi connectivity index (χ4n) is 2.35. The minimum absolute atomic E-state index is 0.0926. The Morgan fingerprint density at radius 3 is 2.81 bits per heavy atom. The van der Waals surface area contributed by atoms with Crippen LogP contribution in [0.15, 0.2) is 47.5 Å². The molecule has 0 saturated heterocycles. The van der Waals surface area contributed by atoms with Gasteiger partial charge in [0.15, 0.2) is 10.6 Å². The first-order valence-electron chi connectivity index (χ1n) is 7.31. The topological polar surface area (TPSA) is 77.5 Å². The number of thiazole rings is 1. The van der Waals surface area contributed by atoms with Crippen molar-refractivity contribution in [2.24, 2.45) is 12.0 Å². The summed E-state index contributed by atoms with van der Waals surface area (Å²) in [6.07, 6.45) is 2.55. The molecular weight excluding hydrogens is 364 g/mol. The van der Waals surface area contributed by atoms with E-state index in [9.17, 15) is 23.7 Å². The molecule has 1 amide bonds. The summed E-state index contributed by atoms with van der Waals surface area (Å²) in [6, 6.07) is 7.71. The third-order valence-electron chi connectivity index (χ3n) is 3.52. The van der Waals surface area contributed by atoms with Crippen LogP contribution in [-0.2, 0) is 11.8 Å². The highest BCUT2D eigenvalue weighted by atomic mass is 32.1. The van der Waals surface area contributed by atoms with Gasteiger partial charge in [0.1, 0.15) is 5.82 Å². The van der Waals surface area contributed by atoms with Gasteiger partial charge in [-0.2, -0.15) is 4.99 Å². The number of benzene rings is 2. The molecule has 0 N–H and O–H groups in total. The van der Waals surface area contributed by atoms with E-state index >= 15 is 0 Å². The first kappa shape index (κ1) is 17.6. The van der Waals surface area contributed by atoms with Crippen molar-refractivity contribution in [3.05, 3.63) is 74.6 Å². The monoisotopic (exact) mass is 375 g/mol. The first-order chi connectivity index (χ1) is 12.3. The number of amides is 1.